The predicted molar refractivity (Wildman–Crippen MR) is 266 cm³/mol. The lowest BCUT2D eigenvalue weighted by atomic mass is 9.89. The summed E-state index contributed by atoms with van der Waals surface area (Å²) in [4.78, 5) is 106. The average Bonchev–Trinajstić information content (AvgIpc) is 4.07. The first-order valence-electron chi connectivity index (χ1n) is 24.9. The number of imide groups is 1. The first-order valence-corrected chi connectivity index (χ1v) is 24.9. The van der Waals surface area contributed by atoms with Crippen LogP contribution in [0.15, 0.2) is 42.6 Å². The van der Waals surface area contributed by atoms with Crippen molar-refractivity contribution >= 4 is 52.3 Å². The number of benzene rings is 1. The Kier molecular flexibility index (Phi) is 23.1. The molecule has 0 aliphatic carbocycles. The third-order valence-electron chi connectivity index (χ3n) is 13.8. The highest BCUT2D eigenvalue weighted by Gasteiger charge is 2.43. The van der Waals surface area contributed by atoms with Gasteiger partial charge in [-0.1, -0.05) is 73.1 Å². The number of aromatic amines is 1. The lowest BCUT2D eigenvalue weighted by Crippen LogP contribution is -2.60. The van der Waals surface area contributed by atoms with Crippen LogP contribution in [0.2, 0.25) is 0 Å². The van der Waals surface area contributed by atoms with Gasteiger partial charge in [-0.2, -0.15) is 0 Å². The molecule has 0 radical (unpaired) electrons. The van der Waals surface area contributed by atoms with E-state index in [1.165, 1.54) is 14.2 Å². The molecule has 2 aliphatic rings. The number of hydroxylamine groups is 2. The Morgan fingerprint density at radius 1 is 0.859 bits per heavy atom. The van der Waals surface area contributed by atoms with Crippen molar-refractivity contribution in [2.24, 2.45) is 29.4 Å². The van der Waals surface area contributed by atoms with Gasteiger partial charge in [-0.3, -0.25) is 43.3 Å². The molecule has 1 aromatic carbocycles. The number of nitrogens with two attached hydrogens (primary N) is 1. The SMILES string of the molecule is CC[C@H](C)[C@@H]([C@@H](CC(=O)N1CCC[C@H]1[C@H](OC)[C@@H](C)C(=O)N[C@@H](Cc1c[nH]c2ccccc12)C(N)=O)OC)N(C)C(=O)[C@@H](NC(=O)[C@H](C(C)C)N(C)CCOCCOCCON1C(=O)C=CC1=O)C(C)C. The van der Waals surface area contributed by atoms with Crippen molar-refractivity contribution in [2.75, 3.05) is 74.4 Å². The molecule has 1 aromatic heterocycles. The fourth-order valence-electron chi connectivity index (χ4n) is 9.71. The number of amides is 7. The number of para-hydroxylation sites is 1. The van der Waals surface area contributed by atoms with E-state index in [2.05, 4.69) is 15.6 Å². The standard InChI is InChI=1S/C51H80N8O12/c1-12-33(6)46(57(9)51(66)44(31(2)3)55-50(65)45(32(4)5)56(8)22-23-69-24-25-70-26-27-71-59-41(60)19-20-42(59)61)40(67-10)29-43(62)58-21-15-18-39(58)47(68-11)34(7)49(64)54-38(48(52)63)28-35-30-53-37-17-14-13-16-36(35)37/h13-14,16-17,19-20,30-34,38-40,44-47,53H,12,15,18,21-29H2,1-11H3,(H2,52,63)(H,54,64)(H,55,65)/t33-,34+,38-,39-,40+,44-,45-,46-,47+/m0/s1. The second-order valence-electron chi connectivity index (χ2n) is 19.4. The quantitative estimate of drug-likeness (QED) is 0.0628. The van der Waals surface area contributed by atoms with Crippen molar-refractivity contribution < 1.29 is 57.3 Å². The van der Waals surface area contributed by atoms with Gasteiger partial charge in [-0.25, -0.2) is 0 Å². The van der Waals surface area contributed by atoms with Crippen LogP contribution in [-0.4, -0.2) is 183 Å². The van der Waals surface area contributed by atoms with Crippen molar-refractivity contribution in [1.82, 2.24) is 35.4 Å². The molecular formula is C51H80N8O12. The fraction of sp³-hybridized carbons (Fsp3) is 0.667. The minimum absolute atomic E-state index is 0.0183. The number of carbonyl (C=O) groups is 7. The van der Waals surface area contributed by atoms with Crippen molar-refractivity contribution in [1.29, 1.82) is 0 Å². The number of carbonyl (C=O) groups excluding carboxylic acids is 7. The molecule has 20 heteroatoms. The number of likely N-dealkylation sites (tertiary alicyclic amines) is 1. The van der Waals surface area contributed by atoms with Gasteiger partial charge < -0.3 is 50.1 Å². The normalized spacial score (nSPS) is 18.5. The number of H-pyrrole nitrogens is 1. The van der Waals surface area contributed by atoms with E-state index in [4.69, 9.17) is 29.5 Å². The molecule has 0 bridgehead atoms. The number of primary amides is 1. The zero-order chi connectivity index (χ0) is 52.5. The molecule has 20 nitrogen and oxygen atoms in total. The van der Waals surface area contributed by atoms with Crippen LogP contribution >= 0.6 is 0 Å². The van der Waals surface area contributed by atoms with E-state index in [1.54, 1.807) is 23.8 Å². The summed E-state index contributed by atoms with van der Waals surface area (Å²) in [6.45, 7) is 15.2. The third kappa shape index (κ3) is 15.6. The molecule has 71 heavy (non-hydrogen) atoms. The summed E-state index contributed by atoms with van der Waals surface area (Å²) in [5, 5.41) is 7.52. The van der Waals surface area contributed by atoms with E-state index in [9.17, 15) is 33.6 Å². The third-order valence-corrected chi connectivity index (χ3v) is 13.8. The Morgan fingerprint density at radius 2 is 1.51 bits per heavy atom. The smallest absolute Gasteiger partial charge is 0.277 e. The molecule has 0 unspecified atom stereocenters. The number of hydrogen-bond acceptors (Lipinski definition) is 13. The summed E-state index contributed by atoms with van der Waals surface area (Å²) in [5.74, 6) is -4.23. The van der Waals surface area contributed by atoms with E-state index in [-0.39, 0.29) is 74.7 Å². The Labute approximate surface area is 418 Å². The monoisotopic (exact) mass is 997 g/mol. The van der Waals surface area contributed by atoms with Gasteiger partial charge in [0.05, 0.1) is 75.7 Å². The first kappa shape index (κ1) is 58.3. The molecule has 0 saturated carbocycles. The minimum Gasteiger partial charge on any atom is -0.379 e. The Hall–Kier alpha value is -5.25. The molecule has 396 valence electrons. The number of methoxy groups -OCH3 is 2. The van der Waals surface area contributed by atoms with Gasteiger partial charge in [-0.15, -0.1) is 5.06 Å². The van der Waals surface area contributed by atoms with Crippen LogP contribution < -0.4 is 16.4 Å². The number of hydrogen-bond donors (Lipinski definition) is 4. The summed E-state index contributed by atoms with van der Waals surface area (Å²) in [5.41, 5.74) is 7.55. The van der Waals surface area contributed by atoms with Crippen LogP contribution in [-0.2, 0) is 63.8 Å². The van der Waals surface area contributed by atoms with Crippen molar-refractivity contribution in [3.8, 4) is 0 Å². The highest BCUT2D eigenvalue weighted by atomic mass is 16.7. The van der Waals surface area contributed by atoms with Gasteiger partial charge in [0.2, 0.25) is 29.5 Å². The summed E-state index contributed by atoms with van der Waals surface area (Å²) >= 11 is 0. The molecule has 7 amide bonds. The number of ether oxygens (including phenoxy) is 4. The molecule has 1 saturated heterocycles. The summed E-state index contributed by atoms with van der Waals surface area (Å²) in [6.07, 6.45) is 4.77. The molecule has 3 heterocycles. The van der Waals surface area contributed by atoms with E-state index >= 15 is 0 Å². The molecule has 5 N–H and O–H groups in total. The summed E-state index contributed by atoms with van der Waals surface area (Å²) in [7, 11) is 6.57. The molecule has 0 spiro atoms. The van der Waals surface area contributed by atoms with E-state index in [0.717, 1.165) is 28.6 Å². The fourth-order valence-corrected chi connectivity index (χ4v) is 9.71. The van der Waals surface area contributed by atoms with E-state index < -0.39 is 72.0 Å². The van der Waals surface area contributed by atoms with Crippen LogP contribution in [0.5, 0.6) is 0 Å². The van der Waals surface area contributed by atoms with Crippen molar-refractivity contribution in [3.05, 3.63) is 48.2 Å². The lowest BCUT2D eigenvalue weighted by Gasteiger charge is -2.41. The number of rotatable bonds is 31. The van der Waals surface area contributed by atoms with Gasteiger partial charge in [-0.05, 0) is 49.3 Å². The maximum atomic E-state index is 14.6. The Bertz CT molecular complexity index is 2110. The van der Waals surface area contributed by atoms with E-state index in [0.29, 0.717) is 44.0 Å². The topological polar surface area (TPSA) is 244 Å². The first-order chi connectivity index (χ1) is 33.8. The molecule has 1 fully saturated rings. The van der Waals surface area contributed by atoms with Gasteiger partial charge >= 0.3 is 0 Å². The Balaban J connectivity index is 1.35. The maximum absolute atomic E-state index is 14.6. The van der Waals surface area contributed by atoms with E-state index in [1.807, 2.05) is 84.0 Å². The summed E-state index contributed by atoms with van der Waals surface area (Å²) < 4.78 is 23.3. The number of fused-ring (bicyclic) bond motifs is 1. The largest absolute Gasteiger partial charge is 0.379 e. The highest BCUT2D eigenvalue weighted by molar-refractivity contribution is 6.11. The van der Waals surface area contributed by atoms with Crippen LogP contribution in [0, 0.1) is 23.7 Å². The van der Waals surface area contributed by atoms with Crippen molar-refractivity contribution in [2.45, 2.75) is 123 Å². The van der Waals surface area contributed by atoms with Crippen LogP contribution in [0.3, 0.4) is 0 Å². The molecule has 4 rings (SSSR count). The van der Waals surface area contributed by atoms with Gasteiger partial charge in [0.15, 0.2) is 0 Å². The number of nitrogens with one attached hydrogen (secondary N) is 3. The second kappa shape index (κ2) is 28.1. The van der Waals surface area contributed by atoms with Crippen LogP contribution in [0.1, 0.15) is 79.7 Å². The molecule has 2 aliphatic heterocycles. The lowest BCUT2D eigenvalue weighted by molar-refractivity contribution is -0.189. The zero-order valence-electron chi connectivity index (χ0n) is 43.6. The Morgan fingerprint density at radius 3 is 2.11 bits per heavy atom. The van der Waals surface area contributed by atoms with Crippen molar-refractivity contribution in [3.63, 3.8) is 0 Å². The maximum Gasteiger partial charge on any atom is 0.277 e. The summed E-state index contributed by atoms with van der Waals surface area (Å²) in [6, 6.07) is 4.24. The molecule has 2 aromatic rings. The number of nitrogens with zero attached hydrogens (tertiary/aromatic N) is 4. The minimum atomic E-state index is -0.976. The zero-order valence-corrected chi connectivity index (χ0v) is 43.6. The number of aromatic nitrogens is 1. The molecular weight excluding hydrogens is 917 g/mol. The van der Waals surface area contributed by atoms with Crippen LogP contribution in [0.4, 0.5) is 0 Å². The molecule has 9 atom stereocenters. The van der Waals surface area contributed by atoms with Gasteiger partial charge in [0, 0.05) is 70.0 Å². The number of likely N-dealkylation sites (N-methyl/N-ethyl adjacent to an activating group) is 2. The van der Waals surface area contributed by atoms with Gasteiger partial charge in [0.25, 0.3) is 11.8 Å². The second-order valence-corrected chi connectivity index (χ2v) is 19.4. The van der Waals surface area contributed by atoms with Crippen LogP contribution in [0.25, 0.3) is 10.9 Å². The predicted octanol–water partition coefficient (Wildman–Crippen LogP) is 2.59. The average molecular weight is 997 g/mol. The van der Waals surface area contributed by atoms with Gasteiger partial charge in [0.1, 0.15) is 12.1 Å². The highest BCUT2D eigenvalue weighted by Crippen LogP contribution is 2.30.